The molecule has 0 bridgehead atoms. The van der Waals surface area contributed by atoms with Crippen molar-refractivity contribution in [3.05, 3.63) is 0 Å². The summed E-state index contributed by atoms with van der Waals surface area (Å²) in [6.07, 6.45) is 2.64. The SMILES string of the molecule is CC(CNC(=O)C(C)N)CN1CCCC1. The van der Waals surface area contributed by atoms with Crippen molar-refractivity contribution in [2.45, 2.75) is 32.7 Å². The molecule has 0 spiro atoms. The summed E-state index contributed by atoms with van der Waals surface area (Å²) in [5.41, 5.74) is 5.46. The molecule has 0 aromatic rings. The normalized spacial score (nSPS) is 21.3. The van der Waals surface area contributed by atoms with Gasteiger partial charge in [-0.1, -0.05) is 6.92 Å². The van der Waals surface area contributed by atoms with Crippen LogP contribution in [0.2, 0.25) is 0 Å². The van der Waals surface area contributed by atoms with E-state index >= 15 is 0 Å². The van der Waals surface area contributed by atoms with Gasteiger partial charge >= 0.3 is 0 Å². The summed E-state index contributed by atoms with van der Waals surface area (Å²) in [7, 11) is 0. The molecule has 1 aliphatic rings. The molecule has 0 aromatic heterocycles. The van der Waals surface area contributed by atoms with Crippen LogP contribution >= 0.6 is 0 Å². The molecule has 1 heterocycles. The van der Waals surface area contributed by atoms with Crippen molar-refractivity contribution in [3.63, 3.8) is 0 Å². The summed E-state index contributed by atoms with van der Waals surface area (Å²) in [5.74, 6) is 0.453. The van der Waals surface area contributed by atoms with E-state index in [0.29, 0.717) is 5.92 Å². The Bertz CT molecular complexity index is 200. The molecule has 3 N–H and O–H groups in total. The molecule has 0 radical (unpaired) electrons. The van der Waals surface area contributed by atoms with Gasteiger partial charge in [0.25, 0.3) is 0 Å². The van der Waals surface area contributed by atoms with Crippen LogP contribution in [0.3, 0.4) is 0 Å². The first kappa shape index (κ1) is 12.5. The van der Waals surface area contributed by atoms with Crippen molar-refractivity contribution in [2.24, 2.45) is 11.7 Å². The summed E-state index contributed by atoms with van der Waals surface area (Å²) in [4.78, 5) is 13.7. The lowest BCUT2D eigenvalue weighted by molar-refractivity contribution is -0.122. The zero-order chi connectivity index (χ0) is 11.3. The minimum atomic E-state index is -0.399. The van der Waals surface area contributed by atoms with Crippen molar-refractivity contribution in [3.8, 4) is 0 Å². The van der Waals surface area contributed by atoms with Gasteiger partial charge < -0.3 is 16.0 Å². The van der Waals surface area contributed by atoms with Gasteiger partial charge in [-0.05, 0) is 38.8 Å². The molecule has 2 atom stereocenters. The number of nitrogens with zero attached hydrogens (tertiary/aromatic N) is 1. The van der Waals surface area contributed by atoms with Crippen LogP contribution in [-0.2, 0) is 4.79 Å². The highest BCUT2D eigenvalue weighted by Gasteiger charge is 2.15. The van der Waals surface area contributed by atoms with Crippen molar-refractivity contribution in [2.75, 3.05) is 26.2 Å². The number of nitrogens with two attached hydrogens (primary N) is 1. The summed E-state index contributed by atoms with van der Waals surface area (Å²) in [6.45, 7) is 8.12. The molecule has 0 aliphatic carbocycles. The molecule has 1 aliphatic heterocycles. The third-order valence-corrected chi connectivity index (χ3v) is 2.81. The number of carbonyl (C=O) groups is 1. The van der Waals surface area contributed by atoms with Crippen molar-refractivity contribution < 1.29 is 4.79 Å². The van der Waals surface area contributed by atoms with E-state index in [1.54, 1.807) is 6.92 Å². The van der Waals surface area contributed by atoms with Crippen LogP contribution in [0, 0.1) is 5.92 Å². The number of hydrogen-bond donors (Lipinski definition) is 2. The zero-order valence-corrected chi connectivity index (χ0v) is 9.83. The number of rotatable bonds is 5. The summed E-state index contributed by atoms with van der Waals surface area (Å²) in [5, 5.41) is 2.87. The van der Waals surface area contributed by atoms with Gasteiger partial charge in [-0.15, -0.1) is 0 Å². The Balaban J connectivity index is 2.12. The van der Waals surface area contributed by atoms with Gasteiger partial charge in [0.1, 0.15) is 0 Å². The summed E-state index contributed by atoms with van der Waals surface area (Å²) >= 11 is 0. The van der Waals surface area contributed by atoms with Crippen LogP contribution in [0.4, 0.5) is 0 Å². The number of amides is 1. The Kier molecular flexibility index (Phi) is 5.05. The highest BCUT2D eigenvalue weighted by atomic mass is 16.2. The Morgan fingerprint density at radius 1 is 1.40 bits per heavy atom. The Labute approximate surface area is 92.2 Å². The lowest BCUT2D eigenvalue weighted by Gasteiger charge is -2.20. The van der Waals surface area contributed by atoms with Crippen LogP contribution in [0.15, 0.2) is 0 Å². The lowest BCUT2D eigenvalue weighted by Crippen LogP contribution is -2.41. The van der Waals surface area contributed by atoms with Crippen LogP contribution < -0.4 is 11.1 Å². The van der Waals surface area contributed by atoms with Gasteiger partial charge in [0.15, 0.2) is 0 Å². The average molecular weight is 213 g/mol. The third-order valence-electron chi connectivity index (χ3n) is 2.81. The van der Waals surface area contributed by atoms with Gasteiger partial charge in [0.2, 0.25) is 5.91 Å². The molecular formula is C11H23N3O. The minimum Gasteiger partial charge on any atom is -0.354 e. The second-order valence-electron chi connectivity index (χ2n) is 4.65. The molecule has 2 unspecified atom stereocenters. The van der Waals surface area contributed by atoms with Crippen LogP contribution in [0.25, 0.3) is 0 Å². The van der Waals surface area contributed by atoms with E-state index in [1.807, 2.05) is 0 Å². The molecule has 1 rings (SSSR count). The number of nitrogens with one attached hydrogen (secondary N) is 1. The van der Waals surface area contributed by atoms with E-state index in [0.717, 1.165) is 13.1 Å². The number of likely N-dealkylation sites (tertiary alicyclic amines) is 1. The predicted octanol–water partition coefficient (Wildman–Crippen LogP) is 0.182. The van der Waals surface area contributed by atoms with Gasteiger partial charge in [0, 0.05) is 13.1 Å². The van der Waals surface area contributed by atoms with E-state index in [9.17, 15) is 4.79 Å². The van der Waals surface area contributed by atoms with E-state index in [2.05, 4.69) is 17.1 Å². The minimum absolute atomic E-state index is 0.0525. The van der Waals surface area contributed by atoms with E-state index < -0.39 is 6.04 Å². The van der Waals surface area contributed by atoms with Crippen LogP contribution in [0.5, 0.6) is 0 Å². The molecular weight excluding hydrogens is 190 g/mol. The standard InChI is InChI=1S/C11H23N3O/c1-9(7-13-11(15)10(2)12)8-14-5-3-4-6-14/h9-10H,3-8,12H2,1-2H3,(H,13,15). The van der Waals surface area contributed by atoms with Crippen molar-refractivity contribution in [1.29, 1.82) is 0 Å². The van der Waals surface area contributed by atoms with Crippen LogP contribution in [0.1, 0.15) is 26.7 Å². The monoisotopic (exact) mass is 213 g/mol. The van der Waals surface area contributed by atoms with E-state index in [4.69, 9.17) is 5.73 Å². The first-order chi connectivity index (χ1) is 7.09. The van der Waals surface area contributed by atoms with E-state index in [1.165, 1.54) is 25.9 Å². The Hall–Kier alpha value is -0.610. The van der Waals surface area contributed by atoms with Crippen molar-refractivity contribution >= 4 is 5.91 Å². The zero-order valence-electron chi connectivity index (χ0n) is 9.83. The first-order valence-electron chi connectivity index (χ1n) is 5.85. The van der Waals surface area contributed by atoms with Gasteiger partial charge in [-0.2, -0.15) is 0 Å². The molecule has 4 nitrogen and oxygen atoms in total. The largest absolute Gasteiger partial charge is 0.354 e. The highest BCUT2D eigenvalue weighted by molar-refractivity contribution is 5.80. The highest BCUT2D eigenvalue weighted by Crippen LogP contribution is 2.09. The number of hydrogen-bond acceptors (Lipinski definition) is 3. The smallest absolute Gasteiger partial charge is 0.236 e. The van der Waals surface area contributed by atoms with Crippen molar-refractivity contribution in [1.82, 2.24) is 10.2 Å². The van der Waals surface area contributed by atoms with Gasteiger partial charge in [-0.25, -0.2) is 0 Å². The summed E-state index contributed by atoms with van der Waals surface area (Å²) in [6, 6.07) is -0.399. The molecule has 0 saturated carbocycles. The maximum Gasteiger partial charge on any atom is 0.236 e. The maximum absolute atomic E-state index is 11.2. The number of carbonyl (C=O) groups excluding carboxylic acids is 1. The quantitative estimate of drug-likeness (QED) is 0.685. The Morgan fingerprint density at radius 2 is 2.00 bits per heavy atom. The lowest BCUT2D eigenvalue weighted by atomic mass is 10.1. The molecule has 15 heavy (non-hydrogen) atoms. The van der Waals surface area contributed by atoms with Gasteiger partial charge in [0.05, 0.1) is 6.04 Å². The molecule has 1 saturated heterocycles. The van der Waals surface area contributed by atoms with E-state index in [-0.39, 0.29) is 5.91 Å². The average Bonchev–Trinajstić information content (AvgIpc) is 2.66. The first-order valence-corrected chi connectivity index (χ1v) is 5.85. The summed E-state index contributed by atoms with van der Waals surface area (Å²) < 4.78 is 0. The second-order valence-corrected chi connectivity index (χ2v) is 4.65. The maximum atomic E-state index is 11.2. The fraction of sp³-hybridized carbons (Fsp3) is 0.909. The topological polar surface area (TPSA) is 58.4 Å². The molecule has 0 aromatic carbocycles. The molecule has 1 amide bonds. The fourth-order valence-corrected chi connectivity index (χ4v) is 1.91. The molecule has 4 heteroatoms. The molecule has 88 valence electrons. The molecule has 1 fully saturated rings. The van der Waals surface area contributed by atoms with Gasteiger partial charge in [-0.3, -0.25) is 4.79 Å². The fourth-order valence-electron chi connectivity index (χ4n) is 1.91. The predicted molar refractivity (Wildman–Crippen MR) is 61.5 cm³/mol. The third kappa shape index (κ3) is 4.62. The Morgan fingerprint density at radius 3 is 2.53 bits per heavy atom. The van der Waals surface area contributed by atoms with Crippen LogP contribution in [-0.4, -0.2) is 43.0 Å². The second kappa shape index (κ2) is 6.08.